The summed E-state index contributed by atoms with van der Waals surface area (Å²) in [5.41, 5.74) is 3.42. The van der Waals surface area contributed by atoms with Crippen molar-refractivity contribution in [3.63, 3.8) is 0 Å². The minimum Gasteiger partial charge on any atom is -0.340 e. The van der Waals surface area contributed by atoms with Gasteiger partial charge in [0.05, 0.1) is 24.0 Å². The van der Waals surface area contributed by atoms with Crippen LogP contribution in [0.5, 0.6) is 0 Å². The molecule has 212 valence electrons. The summed E-state index contributed by atoms with van der Waals surface area (Å²) in [7, 11) is 1.68. The number of benzene rings is 2. The van der Waals surface area contributed by atoms with E-state index in [-0.39, 0.29) is 35.3 Å². The summed E-state index contributed by atoms with van der Waals surface area (Å²) in [5, 5.41) is 14.8. The minimum atomic E-state index is -0.376. The molecule has 0 N–H and O–H groups in total. The number of halogens is 1. The first-order valence-corrected chi connectivity index (χ1v) is 13.9. The van der Waals surface area contributed by atoms with E-state index in [1.54, 1.807) is 35.7 Å². The lowest BCUT2D eigenvalue weighted by Crippen LogP contribution is -2.61. The summed E-state index contributed by atoms with van der Waals surface area (Å²) in [6.07, 6.45) is 3.95. The van der Waals surface area contributed by atoms with Gasteiger partial charge in [0.1, 0.15) is 31.0 Å². The molecule has 3 aliphatic rings. The molecule has 0 saturated carbocycles. The van der Waals surface area contributed by atoms with Crippen LogP contribution in [0.25, 0.3) is 32.9 Å². The number of carbonyl (C=O) groups excluding carboxylic acids is 2. The largest absolute Gasteiger partial charge is 0.340 e. The summed E-state index contributed by atoms with van der Waals surface area (Å²) < 4.78 is 22.4. The molecule has 6 heterocycles. The molecule has 8 rings (SSSR count). The first-order chi connectivity index (χ1) is 19.9. The van der Waals surface area contributed by atoms with Crippen LogP contribution >= 0.6 is 0 Å². The molecule has 0 atom stereocenters. The maximum Gasteiger partial charge on any atom is 0.327 e. The smallest absolute Gasteiger partial charge is 0.327 e. The minimum absolute atomic E-state index is 0.00261. The molecular formula is C29H32FN8O3+. The number of likely N-dealkylation sites (N-methyl/N-ethyl adjacent to an activating group) is 1. The highest BCUT2D eigenvalue weighted by Crippen LogP contribution is 2.41. The highest BCUT2D eigenvalue weighted by atomic mass is 19.1. The molecule has 0 spiro atoms. The maximum atomic E-state index is 15.6. The highest BCUT2D eigenvalue weighted by molar-refractivity contribution is 6.00. The number of quaternary nitrogens is 1. The van der Waals surface area contributed by atoms with E-state index in [0.29, 0.717) is 59.7 Å². The second-order valence-corrected chi connectivity index (χ2v) is 10.5. The van der Waals surface area contributed by atoms with Crippen molar-refractivity contribution < 1.29 is 18.5 Å². The molecule has 0 aliphatic carbocycles. The quantitative estimate of drug-likeness (QED) is 0.236. The number of amides is 2. The number of aryl methyl sites for hydroxylation is 1. The van der Waals surface area contributed by atoms with Crippen molar-refractivity contribution in [2.45, 2.75) is 52.6 Å². The highest BCUT2D eigenvalue weighted by Gasteiger charge is 2.41. The third kappa shape index (κ3) is 4.29. The van der Waals surface area contributed by atoms with Crippen molar-refractivity contribution in [2.75, 3.05) is 20.1 Å². The van der Waals surface area contributed by atoms with E-state index in [9.17, 15) is 9.59 Å². The zero-order valence-electron chi connectivity index (χ0n) is 23.5. The fourth-order valence-electron chi connectivity index (χ4n) is 6.03. The van der Waals surface area contributed by atoms with Crippen LogP contribution in [-0.2, 0) is 22.7 Å². The number of carbonyl (C=O) groups is 2. The van der Waals surface area contributed by atoms with Crippen LogP contribution < -0.4 is 4.59 Å². The first kappa shape index (κ1) is 26.8. The summed E-state index contributed by atoms with van der Waals surface area (Å²) in [6, 6.07) is 8.92. The normalized spacial score (nSPS) is 19.2. The van der Waals surface area contributed by atoms with Crippen molar-refractivity contribution in [1.29, 1.82) is 0 Å². The molecule has 3 aromatic heterocycles. The fourth-order valence-corrected chi connectivity index (χ4v) is 6.03. The molecule has 1 saturated heterocycles. The van der Waals surface area contributed by atoms with Crippen LogP contribution in [0, 0.1) is 12.7 Å². The summed E-state index contributed by atoms with van der Waals surface area (Å²) in [6.45, 7) is 6.99. The van der Waals surface area contributed by atoms with Gasteiger partial charge in [-0.15, -0.1) is 9.69 Å². The topological polar surface area (TPSA) is 112 Å². The molecule has 41 heavy (non-hydrogen) atoms. The van der Waals surface area contributed by atoms with Gasteiger partial charge in [-0.05, 0) is 23.8 Å². The number of hydrogen-bond acceptors (Lipinski definition) is 7. The van der Waals surface area contributed by atoms with E-state index in [1.807, 2.05) is 32.0 Å². The van der Waals surface area contributed by atoms with Gasteiger partial charge in [-0.3, -0.25) is 9.48 Å². The Labute approximate surface area is 235 Å². The second-order valence-electron chi connectivity index (χ2n) is 10.5. The average molecular weight is 560 g/mol. The summed E-state index contributed by atoms with van der Waals surface area (Å²) >= 11 is 0. The van der Waals surface area contributed by atoms with Gasteiger partial charge < -0.3 is 9.42 Å². The number of rotatable bonds is 5. The number of aromatic nitrogens is 6. The van der Waals surface area contributed by atoms with E-state index in [2.05, 4.69) is 15.2 Å². The van der Waals surface area contributed by atoms with Gasteiger partial charge in [0.25, 0.3) is 0 Å². The zero-order valence-corrected chi connectivity index (χ0v) is 23.5. The Balaban J connectivity index is 0.00000148. The lowest BCUT2D eigenvalue weighted by molar-refractivity contribution is -0.131. The van der Waals surface area contributed by atoms with Crippen LogP contribution in [-0.4, -0.2) is 67.2 Å². The Bertz CT molecular complexity index is 1780. The van der Waals surface area contributed by atoms with Crippen molar-refractivity contribution >= 4 is 34.1 Å². The first-order valence-electron chi connectivity index (χ1n) is 13.9. The number of fused-ring (bicyclic) bond motifs is 2. The predicted molar refractivity (Wildman–Crippen MR) is 151 cm³/mol. The van der Waals surface area contributed by atoms with Gasteiger partial charge in [0, 0.05) is 49.1 Å². The molecule has 11 nitrogen and oxygen atoms in total. The summed E-state index contributed by atoms with van der Waals surface area (Å²) in [5.74, 6) is 0.361. The monoisotopic (exact) mass is 559 g/mol. The van der Waals surface area contributed by atoms with Crippen LogP contribution in [0.15, 0.2) is 41.1 Å². The van der Waals surface area contributed by atoms with E-state index >= 15 is 4.39 Å². The Kier molecular flexibility index (Phi) is 6.65. The number of nitrogens with zero attached hydrogens (tertiary/aromatic N) is 8. The zero-order chi connectivity index (χ0) is 28.9. The number of piperidine rings is 1. The van der Waals surface area contributed by atoms with Crippen LogP contribution in [0.1, 0.15) is 50.0 Å². The molecule has 0 radical (unpaired) electrons. The standard InChI is InChI=1S/C27H26FN8O3.C2H6/c1-16-30-24(32-39-16)13-33(2)25(38)14-34-22-5-3-4-19-20-11-23-18(10-21(20)28)12-29-35(23)36(15-37)8-6-17(7-9-36)27(31-34)26(19)22;1-2/h3-5,10-12,15,17H,6-9,13-14H2,1-2H3;1-2H3/q+1;. The van der Waals surface area contributed by atoms with Gasteiger partial charge in [0.2, 0.25) is 11.8 Å². The van der Waals surface area contributed by atoms with Crippen LogP contribution in [0.2, 0.25) is 0 Å². The van der Waals surface area contributed by atoms with Crippen LogP contribution in [0.4, 0.5) is 4.39 Å². The van der Waals surface area contributed by atoms with E-state index < -0.39 is 0 Å². The van der Waals surface area contributed by atoms with Crippen molar-refractivity contribution in [3.8, 4) is 11.1 Å². The number of hydrogen-bond donors (Lipinski definition) is 0. The molecule has 3 aliphatic heterocycles. The van der Waals surface area contributed by atoms with Crippen molar-refractivity contribution in [3.05, 3.63) is 59.8 Å². The van der Waals surface area contributed by atoms with Crippen LogP contribution in [0.3, 0.4) is 0 Å². The van der Waals surface area contributed by atoms with Gasteiger partial charge in [-0.1, -0.05) is 35.9 Å². The lowest BCUT2D eigenvalue weighted by Gasteiger charge is -2.36. The molecule has 5 aromatic rings. The average Bonchev–Trinajstić information content (AvgIpc) is 3.70. The maximum absolute atomic E-state index is 15.6. The van der Waals surface area contributed by atoms with Crippen molar-refractivity contribution in [1.82, 2.24) is 39.3 Å². The predicted octanol–water partition coefficient (Wildman–Crippen LogP) is 4.05. The molecule has 12 heteroatoms. The molecule has 2 aromatic carbocycles. The molecule has 0 unspecified atom stereocenters. The molecule has 4 bridgehead atoms. The third-order valence-electron chi connectivity index (χ3n) is 8.08. The van der Waals surface area contributed by atoms with Gasteiger partial charge >= 0.3 is 6.41 Å². The molecular weight excluding hydrogens is 527 g/mol. The third-order valence-corrected chi connectivity index (χ3v) is 8.08. The van der Waals surface area contributed by atoms with E-state index in [0.717, 1.165) is 23.0 Å². The van der Waals surface area contributed by atoms with Gasteiger partial charge in [0.15, 0.2) is 5.82 Å². The lowest BCUT2D eigenvalue weighted by atomic mass is 9.89. The molecule has 2 amide bonds. The summed E-state index contributed by atoms with van der Waals surface area (Å²) in [4.78, 5) is 33.1. The van der Waals surface area contributed by atoms with E-state index in [4.69, 9.17) is 9.62 Å². The fraction of sp³-hybridized carbons (Fsp3) is 0.379. The van der Waals surface area contributed by atoms with Gasteiger partial charge in [-0.25, -0.2) is 9.18 Å². The SMILES string of the molecule is CC.Cc1nc(CN(C)C(=O)Cn2nc3c4c(cccc42)-c2cc4c(cnn4[N+]4(C=O)CCC3CC4)cc2F)no1. The Morgan fingerprint density at radius 1 is 1.20 bits per heavy atom. The van der Waals surface area contributed by atoms with E-state index in [1.165, 1.54) is 11.0 Å². The van der Waals surface area contributed by atoms with Crippen molar-refractivity contribution in [2.24, 2.45) is 0 Å². The molecule has 1 fully saturated rings. The Morgan fingerprint density at radius 2 is 1.98 bits per heavy atom. The Morgan fingerprint density at radius 3 is 2.68 bits per heavy atom. The Hall–Kier alpha value is -4.45. The van der Waals surface area contributed by atoms with Gasteiger partial charge in [-0.2, -0.15) is 10.1 Å². The second kappa shape index (κ2) is 10.2.